The minimum atomic E-state index is -0.996. The Morgan fingerprint density at radius 3 is 2.65 bits per heavy atom. The molecule has 1 aliphatic heterocycles. The summed E-state index contributed by atoms with van der Waals surface area (Å²) in [5.41, 5.74) is 7.01. The van der Waals surface area contributed by atoms with Gasteiger partial charge < -0.3 is 31.4 Å². The van der Waals surface area contributed by atoms with Crippen molar-refractivity contribution in [1.29, 1.82) is 0 Å². The number of piperidine rings is 1. The highest BCUT2D eigenvalue weighted by Crippen LogP contribution is 2.33. The Kier molecular flexibility index (Phi) is 6.99. The molecule has 2 aliphatic rings. The van der Waals surface area contributed by atoms with Crippen LogP contribution in [-0.2, 0) is 14.4 Å². The van der Waals surface area contributed by atoms with Crippen LogP contribution in [0.25, 0.3) is 11.0 Å². The number of H-pyrrole nitrogens is 1. The number of carbonyl (C=O) groups excluding carboxylic acids is 4. The van der Waals surface area contributed by atoms with Gasteiger partial charge in [0.05, 0.1) is 18.1 Å². The van der Waals surface area contributed by atoms with Gasteiger partial charge in [-0.05, 0) is 43.7 Å². The number of methoxy groups -OCH3 is 1. The normalized spacial score (nSPS) is 19.7. The summed E-state index contributed by atoms with van der Waals surface area (Å²) in [5, 5.41) is 8.22. The van der Waals surface area contributed by atoms with E-state index in [1.54, 1.807) is 18.2 Å². The summed E-state index contributed by atoms with van der Waals surface area (Å²) in [6.07, 6.45) is 3.99. The second-order valence-electron chi connectivity index (χ2n) is 9.00. The summed E-state index contributed by atoms with van der Waals surface area (Å²) in [7, 11) is 1.51. The van der Waals surface area contributed by atoms with E-state index in [1.165, 1.54) is 7.11 Å². The second kappa shape index (κ2) is 10.1. The highest BCUT2D eigenvalue weighted by molar-refractivity contribution is 6.00. The maximum Gasteiger partial charge on any atom is 0.268 e. The number of aromatic nitrogens is 2. The van der Waals surface area contributed by atoms with E-state index in [9.17, 15) is 19.2 Å². The molecule has 1 aliphatic carbocycles. The van der Waals surface area contributed by atoms with Gasteiger partial charge in [0.1, 0.15) is 17.8 Å². The molecule has 0 unspecified atom stereocenters. The molecule has 0 radical (unpaired) electrons. The Hall–Kier alpha value is -3.63. The molecule has 0 bridgehead atoms. The number of hydrogen-bond acceptors (Lipinski definition) is 6. The van der Waals surface area contributed by atoms with E-state index in [-0.39, 0.29) is 23.9 Å². The van der Waals surface area contributed by atoms with Crippen LogP contribution in [0.3, 0.4) is 0 Å². The van der Waals surface area contributed by atoms with Gasteiger partial charge in [-0.2, -0.15) is 0 Å². The van der Waals surface area contributed by atoms with Gasteiger partial charge in [-0.25, -0.2) is 4.98 Å². The first kappa shape index (κ1) is 23.5. The summed E-state index contributed by atoms with van der Waals surface area (Å²) in [5.74, 6) is -1.43. The molecule has 0 aromatic carbocycles. The molecule has 2 aromatic rings. The number of nitrogens with two attached hydrogens (primary N) is 1. The van der Waals surface area contributed by atoms with E-state index in [4.69, 9.17) is 10.5 Å². The lowest BCUT2D eigenvalue weighted by Gasteiger charge is -2.27. The van der Waals surface area contributed by atoms with Crippen molar-refractivity contribution in [1.82, 2.24) is 25.9 Å². The van der Waals surface area contributed by atoms with E-state index in [1.807, 2.05) is 0 Å². The third-order valence-corrected chi connectivity index (χ3v) is 6.37. The van der Waals surface area contributed by atoms with Crippen LogP contribution >= 0.6 is 0 Å². The fourth-order valence-corrected chi connectivity index (χ4v) is 4.24. The third-order valence-electron chi connectivity index (χ3n) is 6.37. The zero-order chi connectivity index (χ0) is 24.2. The first-order valence-electron chi connectivity index (χ1n) is 11.6. The van der Waals surface area contributed by atoms with Gasteiger partial charge in [0.15, 0.2) is 0 Å². The summed E-state index contributed by atoms with van der Waals surface area (Å²) < 4.78 is 5.11. The number of ether oxygens (including phenoxy) is 1. The Balaban J connectivity index is 1.44. The number of primary amides is 1. The van der Waals surface area contributed by atoms with Crippen molar-refractivity contribution in [2.24, 2.45) is 17.6 Å². The van der Waals surface area contributed by atoms with Crippen molar-refractivity contribution < 1.29 is 23.9 Å². The molecule has 3 atom stereocenters. The quantitative estimate of drug-likeness (QED) is 0.336. The Bertz CT molecular complexity index is 1090. The highest BCUT2D eigenvalue weighted by atomic mass is 16.5. The van der Waals surface area contributed by atoms with Crippen LogP contribution in [0.2, 0.25) is 0 Å². The van der Waals surface area contributed by atoms with Crippen LogP contribution in [0.15, 0.2) is 18.2 Å². The van der Waals surface area contributed by atoms with E-state index < -0.39 is 29.8 Å². The lowest BCUT2D eigenvalue weighted by atomic mass is 9.91. The number of hydrogen-bond donors (Lipinski definition) is 5. The Morgan fingerprint density at radius 1 is 1.18 bits per heavy atom. The van der Waals surface area contributed by atoms with Crippen molar-refractivity contribution in [3.05, 3.63) is 23.9 Å². The van der Waals surface area contributed by atoms with Gasteiger partial charge in [0.2, 0.25) is 23.6 Å². The number of aromatic amines is 1. The fraction of sp³-hybridized carbons (Fsp3) is 0.522. The molecule has 4 amide bonds. The van der Waals surface area contributed by atoms with Gasteiger partial charge in [-0.15, -0.1) is 0 Å². The molecule has 1 saturated heterocycles. The van der Waals surface area contributed by atoms with Crippen LogP contribution < -0.4 is 26.4 Å². The van der Waals surface area contributed by atoms with E-state index in [0.717, 1.165) is 19.3 Å². The molecule has 3 heterocycles. The maximum absolute atomic E-state index is 13.1. The van der Waals surface area contributed by atoms with Crippen molar-refractivity contribution in [2.75, 3.05) is 13.7 Å². The van der Waals surface area contributed by atoms with Gasteiger partial charge in [-0.1, -0.05) is 12.8 Å². The standard InChI is InChI=1S/C23H30N6O5/c1-34-19-7-6-14-15(27-19)11-18(26-14)23(33)29-17(9-12-4-5-12)22(32)28-16(20(24)30)10-13-3-2-8-25-21(13)31/h6-7,11-13,16-17,26H,2-5,8-10H2,1H3,(H2,24,30)(H,25,31)(H,28,32)(H,29,33)/t13-,16-,17-/m0/s1. The van der Waals surface area contributed by atoms with Crippen LogP contribution in [0.5, 0.6) is 5.88 Å². The van der Waals surface area contributed by atoms with Crippen LogP contribution in [0.1, 0.15) is 49.0 Å². The average Bonchev–Trinajstić information content (AvgIpc) is 3.53. The molecule has 34 heavy (non-hydrogen) atoms. The summed E-state index contributed by atoms with van der Waals surface area (Å²) in [4.78, 5) is 57.5. The van der Waals surface area contributed by atoms with E-state index in [0.29, 0.717) is 42.2 Å². The van der Waals surface area contributed by atoms with Crippen molar-refractivity contribution in [3.63, 3.8) is 0 Å². The molecule has 6 N–H and O–H groups in total. The minimum absolute atomic E-state index is 0.131. The molecule has 11 nitrogen and oxygen atoms in total. The smallest absolute Gasteiger partial charge is 0.268 e. The molecule has 0 spiro atoms. The average molecular weight is 471 g/mol. The van der Waals surface area contributed by atoms with Gasteiger partial charge >= 0.3 is 0 Å². The molecule has 2 aromatic heterocycles. The first-order valence-corrected chi connectivity index (χ1v) is 11.6. The highest BCUT2D eigenvalue weighted by Gasteiger charge is 2.34. The number of pyridine rings is 1. The largest absolute Gasteiger partial charge is 0.481 e. The summed E-state index contributed by atoms with van der Waals surface area (Å²) >= 11 is 0. The SMILES string of the molecule is COc1ccc2[nH]c(C(=O)N[C@@H](CC3CC3)C(=O)N[C@@H](C[C@@H]3CCCNC3=O)C(N)=O)cc2n1. The molecule has 4 rings (SSSR count). The Labute approximate surface area is 196 Å². The maximum atomic E-state index is 13.1. The topological polar surface area (TPSA) is 168 Å². The molecule has 2 fully saturated rings. The predicted octanol–water partition coefficient (Wildman–Crippen LogP) is 0.356. The van der Waals surface area contributed by atoms with Crippen molar-refractivity contribution in [2.45, 2.75) is 50.6 Å². The molecular formula is C23H30N6O5. The van der Waals surface area contributed by atoms with Crippen molar-refractivity contribution in [3.8, 4) is 5.88 Å². The zero-order valence-electron chi connectivity index (χ0n) is 19.1. The first-order chi connectivity index (χ1) is 16.3. The lowest BCUT2D eigenvalue weighted by Crippen LogP contribution is -2.54. The minimum Gasteiger partial charge on any atom is -0.481 e. The molecular weight excluding hydrogens is 440 g/mol. The fourth-order valence-electron chi connectivity index (χ4n) is 4.24. The van der Waals surface area contributed by atoms with Crippen LogP contribution in [0, 0.1) is 11.8 Å². The lowest BCUT2D eigenvalue weighted by molar-refractivity contribution is -0.131. The van der Waals surface area contributed by atoms with Crippen molar-refractivity contribution >= 4 is 34.7 Å². The number of nitrogens with zero attached hydrogens (tertiary/aromatic N) is 1. The summed E-state index contributed by atoms with van der Waals surface area (Å²) in [6, 6.07) is 3.19. The zero-order valence-corrected chi connectivity index (χ0v) is 19.1. The number of carbonyl (C=O) groups is 4. The van der Waals surface area contributed by atoms with Crippen LogP contribution in [0.4, 0.5) is 0 Å². The summed E-state index contributed by atoms with van der Waals surface area (Å²) in [6.45, 7) is 0.606. The van der Waals surface area contributed by atoms with E-state index >= 15 is 0 Å². The predicted molar refractivity (Wildman–Crippen MR) is 123 cm³/mol. The second-order valence-corrected chi connectivity index (χ2v) is 9.00. The van der Waals surface area contributed by atoms with Gasteiger partial charge in [0.25, 0.3) is 5.91 Å². The Morgan fingerprint density at radius 2 is 1.97 bits per heavy atom. The van der Waals surface area contributed by atoms with E-state index in [2.05, 4.69) is 25.9 Å². The molecule has 1 saturated carbocycles. The number of amides is 4. The van der Waals surface area contributed by atoms with Gasteiger partial charge in [-0.3, -0.25) is 19.2 Å². The van der Waals surface area contributed by atoms with Crippen LogP contribution in [-0.4, -0.2) is 59.3 Å². The number of nitrogens with one attached hydrogen (secondary N) is 4. The van der Waals surface area contributed by atoms with Gasteiger partial charge in [0, 0.05) is 18.5 Å². The third kappa shape index (κ3) is 5.64. The molecule has 11 heteroatoms. The monoisotopic (exact) mass is 470 g/mol. The molecule has 182 valence electrons. The number of fused-ring (bicyclic) bond motifs is 1. The number of rotatable bonds is 10.